The molecule has 2 atom stereocenters. The molecule has 0 spiro atoms. The van der Waals surface area contributed by atoms with Crippen LogP contribution in [0.5, 0.6) is 0 Å². The third-order valence-electron chi connectivity index (χ3n) is 3.59. The largest absolute Gasteiger partial charge is 0.385 e. The molecule has 0 radical (unpaired) electrons. The van der Waals surface area contributed by atoms with Crippen molar-refractivity contribution < 1.29 is 13.2 Å². The summed E-state index contributed by atoms with van der Waals surface area (Å²) in [7, 11) is -1.77. The number of ether oxygens (including phenoxy) is 1. The van der Waals surface area contributed by atoms with Crippen LogP contribution in [0.15, 0.2) is 29.2 Å². The van der Waals surface area contributed by atoms with E-state index < -0.39 is 10.0 Å². The molecule has 2 N–H and O–H groups in total. The first kappa shape index (κ1) is 15.3. The number of sulfonamides is 1. The molecule has 20 heavy (non-hydrogen) atoms. The van der Waals surface area contributed by atoms with Gasteiger partial charge in [-0.2, -0.15) is 0 Å². The molecule has 0 saturated heterocycles. The van der Waals surface area contributed by atoms with Gasteiger partial charge in [-0.25, -0.2) is 13.1 Å². The zero-order chi connectivity index (χ0) is 14.6. The summed E-state index contributed by atoms with van der Waals surface area (Å²) in [6.45, 7) is 2.81. The molecule has 5 nitrogen and oxygen atoms in total. The van der Waals surface area contributed by atoms with E-state index in [0.29, 0.717) is 4.90 Å². The molecular formula is C14H22N2O3S. The zero-order valence-electron chi connectivity index (χ0n) is 11.9. The van der Waals surface area contributed by atoms with Gasteiger partial charge in [0, 0.05) is 25.4 Å². The predicted molar refractivity (Wildman–Crippen MR) is 79.4 cm³/mol. The molecule has 6 heteroatoms. The van der Waals surface area contributed by atoms with Crippen LogP contribution in [-0.2, 0) is 14.8 Å². The normalized spacial score (nSPS) is 22.9. The van der Waals surface area contributed by atoms with E-state index in [1.807, 2.05) is 6.92 Å². The zero-order valence-corrected chi connectivity index (χ0v) is 12.7. The van der Waals surface area contributed by atoms with Gasteiger partial charge >= 0.3 is 0 Å². The second kappa shape index (κ2) is 6.56. The van der Waals surface area contributed by atoms with Gasteiger partial charge in [0.25, 0.3) is 0 Å². The fraction of sp³-hybridized carbons (Fsp3) is 0.571. The quantitative estimate of drug-likeness (QED) is 0.842. The summed E-state index contributed by atoms with van der Waals surface area (Å²) in [5.74, 6) is 0. The van der Waals surface area contributed by atoms with Crippen LogP contribution in [0, 0.1) is 0 Å². The molecule has 1 saturated carbocycles. The maximum Gasteiger partial charge on any atom is 0.240 e. The second-order valence-electron chi connectivity index (χ2n) is 5.04. The molecule has 1 aliphatic carbocycles. The van der Waals surface area contributed by atoms with E-state index in [2.05, 4.69) is 10.0 Å². The average molecular weight is 298 g/mol. The lowest BCUT2D eigenvalue weighted by atomic mass is 10.3. The number of hydrogen-bond donors (Lipinski definition) is 2. The van der Waals surface area contributed by atoms with Crippen molar-refractivity contribution in [1.82, 2.24) is 4.72 Å². The lowest BCUT2D eigenvalue weighted by molar-refractivity contribution is 0.107. The SMILES string of the molecule is CCNc1ccc(S(=O)(=O)NC2CCC(OC)C2)cc1. The first-order valence-electron chi connectivity index (χ1n) is 6.94. The summed E-state index contributed by atoms with van der Waals surface area (Å²) in [5, 5.41) is 3.14. The number of hydrogen-bond acceptors (Lipinski definition) is 4. The van der Waals surface area contributed by atoms with Crippen molar-refractivity contribution in [3.63, 3.8) is 0 Å². The molecule has 2 rings (SSSR count). The molecule has 2 unspecified atom stereocenters. The topological polar surface area (TPSA) is 67.4 Å². The summed E-state index contributed by atoms with van der Waals surface area (Å²) in [5.41, 5.74) is 0.923. The number of rotatable bonds is 6. The van der Waals surface area contributed by atoms with E-state index >= 15 is 0 Å². The fourth-order valence-electron chi connectivity index (χ4n) is 2.50. The lowest BCUT2D eigenvalue weighted by Gasteiger charge is -2.14. The van der Waals surface area contributed by atoms with E-state index in [1.54, 1.807) is 31.4 Å². The Bertz CT molecular complexity index is 528. The van der Waals surface area contributed by atoms with Crippen molar-refractivity contribution in [2.75, 3.05) is 19.0 Å². The summed E-state index contributed by atoms with van der Waals surface area (Å²) >= 11 is 0. The van der Waals surface area contributed by atoms with Crippen molar-refractivity contribution >= 4 is 15.7 Å². The van der Waals surface area contributed by atoms with Gasteiger partial charge in [-0.15, -0.1) is 0 Å². The minimum atomic E-state index is -3.44. The highest BCUT2D eigenvalue weighted by Gasteiger charge is 2.28. The van der Waals surface area contributed by atoms with Gasteiger partial charge in [0.2, 0.25) is 10.0 Å². The monoisotopic (exact) mass is 298 g/mol. The van der Waals surface area contributed by atoms with Gasteiger partial charge in [0.05, 0.1) is 11.0 Å². The Hall–Kier alpha value is -1.11. The van der Waals surface area contributed by atoms with Gasteiger partial charge in [-0.1, -0.05) is 0 Å². The summed E-state index contributed by atoms with van der Waals surface area (Å²) in [6.07, 6.45) is 2.64. The predicted octanol–water partition coefficient (Wildman–Crippen LogP) is 1.96. The Morgan fingerprint density at radius 1 is 1.25 bits per heavy atom. The average Bonchev–Trinajstić information content (AvgIpc) is 2.87. The Kier molecular flexibility index (Phi) is 5.01. The van der Waals surface area contributed by atoms with Crippen LogP contribution in [-0.4, -0.2) is 34.2 Å². The number of anilines is 1. The summed E-state index contributed by atoms with van der Waals surface area (Å²) < 4.78 is 32.6. The van der Waals surface area contributed by atoms with Crippen LogP contribution in [0.25, 0.3) is 0 Å². The molecule has 0 bridgehead atoms. The Morgan fingerprint density at radius 3 is 2.50 bits per heavy atom. The van der Waals surface area contributed by atoms with Crippen LogP contribution < -0.4 is 10.0 Å². The molecule has 1 aromatic rings. The van der Waals surface area contributed by atoms with Crippen molar-refractivity contribution in [2.45, 2.75) is 43.2 Å². The highest BCUT2D eigenvalue weighted by atomic mass is 32.2. The lowest BCUT2D eigenvalue weighted by Crippen LogP contribution is -2.33. The maximum atomic E-state index is 12.3. The molecular weight excluding hydrogens is 276 g/mol. The fourth-order valence-corrected chi connectivity index (χ4v) is 3.79. The molecule has 112 valence electrons. The highest BCUT2D eigenvalue weighted by molar-refractivity contribution is 7.89. The number of methoxy groups -OCH3 is 1. The third-order valence-corrected chi connectivity index (χ3v) is 5.12. The van der Waals surface area contributed by atoms with E-state index in [9.17, 15) is 8.42 Å². The second-order valence-corrected chi connectivity index (χ2v) is 6.76. The summed E-state index contributed by atoms with van der Waals surface area (Å²) in [4.78, 5) is 0.306. The van der Waals surface area contributed by atoms with Gasteiger partial charge in [-0.3, -0.25) is 0 Å². The number of nitrogens with one attached hydrogen (secondary N) is 2. The van der Waals surface area contributed by atoms with Crippen LogP contribution in [0.2, 0.25) is 0 Å². The van der Waals surface area contributed by atoms with Gasteiger partial charge in [-0.05, 0) is 50.5 Å². The molecule has 1 aromatic carbocycles. The first-order chi connectivity index (χ1) is 9.55. The smallest absolute Gasteiger partial charge is 0.240 e. The minimum absolute atomic E-state index is 0.0293. The third kappa shape index (κ3) is 3.71. The molecule has 0 aromatic heterocycles. The van der Waals surface area contributed by atoms with E-state index in [-0.39, 0.29) is 12.1 Å². The Morgan fingerprint density at radius 2 is 1.95 bits per heavy atom. The first-order valence-corrected chi connectivity index (χ1v) is 8.42. The Labute approximate surface area is 120 Å². The maximum absolute atomic E-state index is 12.3. The van der Waals surface area contributed by atoms with Crippen molar-refractivity contribution in [3.8, 4) is 0 Å². The van der Waals surface area contributed by atoms with Crippen molar-refractivity contribution in [1.29, 1.82) is 0 Å². The molecule has 0 amide bonds. The molecule has 1 fully saturated rings. The highest BCUT2D eigenvalue weighted by Crippen LogP contribution is 2.23. The van der Waals surface area contributed by atoms with E-state index in [0.717, 1.165) is 31.5 Å². The van der Waals surface area contributed by atoms with Gasteiger partial charge < -0.3 is 10.1 Å². The molecule has 0 heterocycles. The van der Waals surface area contributed by atoms with Gasteiger partial charge in [0.1, 0.15) is 0 Å². The minimum Gasteiger partial charge on any atom is -0.385 e. The van der Waals surface area contributed by atoms with Crippen LogP contribution in [0.3, 0.4) is 0 Å². The molecule has 0 aliphatic heterocycles. The van der Waals surface area contributed by atoms with Crippen molar-refractivity contribution in [2.24, 2.45) is 0 Å². The number of benzene rings is 1. The van der Waals surface area contributed by atoms with Crippen LogP contribution in [0.1, 0.15) is 26.2 Å². The molecule has 1 aliphatic rings. The van der Waals surface area contributed by atoms with Crippen molar-refractivity contribution in [3.05, 3.63) is 24.3 Å². The van der Waals surface area contributed by atoms with E-state index in [1.165, 1.54) is 0 Å². The summed E-state index contributed by atoms with van der Waals surface area (Å²) in [6, 6.07) is 6.79. The van der Waals surface area contributed by atoms with Crippen LogP contribution >= 0.6 is 0 Å². The van der Waals surface area contributed by atoms with Crippen LogP contribution in [0.4, 0.5) is 5.69 Å². The Balaban J connectivity index is 2.03. The standard InChI is InChI=1S/C14H22N2O3S/c1-3-15-11-5-8-14(9-6-11)20(17,18)16-12-4-7-13(10-12)19-2/h5-6,8-9,12-13,15-16H,3-4,7,10H2,1-2H3. The van der Waals surface area contributed by atoms with Gasteiger partial charge in [0.15, 0.2) is 0 Å². The van der Waals surface area contributed by atoms with E-state index in [4.69, 9.17) is 4.74 Å².